The Morgan fingerprint density at radius 2 is 2.14 bits per heavy atom. The van der Waals surface area contributed by atoms with Crippen molar-refractivity contribution in [1.82, 2.24) is 4.90 Å². The first-order valence-corrected chi connectivity index (χ1v) is 6.64. The number of methoxy groups -OCH3 is 1. The van der Waals surface area contributed by atoms with Crippen LogP contribution in [0.15, 0.2) is 18.2 Å². The fourth-order valence-corrected chi connectivity index (χ4v) is 2.41. The Balaban J connectivity index is 2.22. The molecule has 8 nitrogen and oxygen atoms in total. The van der Waals surface area contributed by atoms with Gasteiger partial charge in [-0.25, -0.2) is 0 Å². The van der Waals surface area contributed by atoms with Crippen molar-refractivity contribution in [2.45, 2.75) is 18.9 Å². The van der Waals surface area contributed by atoms with Crippen molar-refractivity contribution >= 4 is 17.3 Å². The zero-order chi connectivity index (χ0) is 15.4. The molecule has 0 aliphatic carbocycles. The van der Waals surface area contributed by atoms with Gasteiger partial charge >= 0.3 is 0 Å². The van der Waals surface area contributed by atoms with Crippen molar-refractivity contribution in [2.75, 3.05) is 25.6 Å². The smallest absolute Gasteiger partial charge is 0.270 e. The summed E-state index contributed by atoms with van der Waals surface area (Å²) in [5.74, 6) is 5.11. The fraction of sp³-hybridized carbons (Fsp3) is 0.462. The molecule has 1 aliphatic heterocycles. The van der Waals surface area contributed by atoms with Crippen LogP contribution in [0.2, 0.25) is 0 Å². The summed E-state index contributed by atoms with van der Waals surface area (Å²) in [4.78, 5) is 24.5. The lowest BCUT2D eigenvalue weighted by molar-refractivity contribution is -0.384. The lowest BCUT2D eigenvalue weighted by Crippen LogP contribution is -2.41. The Morgan fingerprint density at radius 3 is 2.67 bits per heavy atom. The third kappa shape index (κ3) is 3.29. The standard InChI is InChI=1S/C13H18N4O4/c1-21-10-4-6-16(7-5-10)13(18)11-8-9(17(19)20)2-3-12(11)15-14/h2-3,8,10,15H,4-7,14H2,1H3. The Labute approximate surface area is 122 Å². The van der Waals surface area contributed by atoms with Gasteiger partial charge in [0.25, 0.3) is 11.6 Å². The highest BCUT2D eigenvalue weighted by molar-refractivity contribution is 6.00. The first-order chi connectivity index (χ1) is 10.1. The number of ether oxygens (including phenoxy) is 1. The monoisotopic (exact) mass is 294 g/mol. The van der Waals surface area contributed by atoms with E-state index in [4.69, 9.17) is 10.6 Å². The van der Waals surface area contributed by atoms with Crippen LogP contribution in [0.1, 0.15) is 23.2 Å². The first kappa shape index (κ1) is 15.2. The summed E-state index contributed by atoms with van der Waals surface area (Å²) in [6.07, 6.45) is 1.66. The molecule has 0 bridgehead atoms. The summed E-state index contributed by atoms with van der Waals surface area (Å²) in [6.45, 7) is 1.12. The lowest BCUT2D eigenvalue weighted by atomic mass is 10.1. The maximum Gasteiger partial charge on any atom is 0.270 e. The van der Waals surface area contributed by atoms with E-state index in [1.54, 1.807) is 12.0 Å². The van der Waals surface area contributed by atoms with Gasteiger partial charge in [-0.1, -0.05) is 0 Å². The first-order valence-electron chi connectivity index (χ1n) is 6.64. The molecule has 8 heteroatoms. The van der Waals surface area contributed by atoms with Crippen molar-refractivity contribution in [1.29, 1.82) is 0 Å². The van der Waals surface area contributed by atoms with Gasteiger partial charge in [-0.2, -0.15) is 0 Å². The van der Waals surface area contributed by atoms with Gasteiger partial charge in [0, 0.05) is 32.3 Å². The molecule has 1 aliphatic rings. The minimum Gasteiger partial charge on any atom is -0.381 e. The largest absolute Gasteiger partial charge is 0.381 e. The zero-order valence-corrected chi connectivity index (χ0v) is 11.7. The highest BCUT2D eigenvalue weighted by Gasteiger charge is 2.26. The van der Waals surface area contributed by atoms with E-state index >= 15 is 0 Å². The minimum absolute atomic E-state index is 0.135. The normalized spacial score (nSPS) is 15.8. The second-order valence-electron chi connectivity index (χ2n) is 4.86. The number of non-ortho nitro benzene ring substituents is 1. The van der Waals surface area contributed by atoms with Gasteiger partial charge in [0.15, 0.2) is 0 Å². The van der Waals surface area contributed by atoms with Gasteiger partial charge in [0.2, 0.25) is 0 Å². The highest BCUT2D eigenvalue weighted by Crippen LogP contribution is 2.24. The Kier molecular flexibility index (Phi) is 4.71. The number of hydrogen-bond donors (Lipinski definition) is 2. The summed E-state index contributed by atoms with van der Waals surface area (Å²) in [6, 6.07) is 4.00. The van der Waals surface area contributed by atoms with E-state index < -0.39 is 4.92 Å². The number of nitro groups is 1. The molecule has 1 amide bonds. The number of hydrazine groups is 1. The van der Waals surface area contributed by atoms with Crippen LogP contribution in [-0.4, -0.2) is 42.0 Å². The van der Waals surface area contributed by atoms with Gasteiger partial charge in [0.1, 0.15) is 0 Å². The Bertz CT molecular complexity index is 541. The van der Waals surface area contributed by atoms with E-state index in [-0.39, 0.29) is 23.3 Å². The van der Waals surface area contributed by atoms with E-state index in [1.165, 1.54) is 18.2 Å². The molecule has 1 fully saturated rings. The number of nitrogen functional groups attached to an aromatic ring is 1. The maximum absolute atomic E-state index is 12.5. The van der Waals surface area contributed by atoms with Crippen molar-refractivity contribution in [2.24, 2.45) is 5.84 Å². The quantitative estimate of drug-likeness (QED) is 0.489. The van der Waals surface area contributed by atoms with Crippen LogP contribution >= 0.6 is 0 Å². The molecule has 21 heavy (non-hydrogen) atoms. The molecule has 0 radical (unpaired) electrons. The number of nitrogens with two attached hydrogens (primary N) is 1. The van der Waals surface area contributed by atoms with Crippen molar-refractivity contribution in [3.63, 3.8) is 0 Å². The molecular formula is C13H18N4O4. The molecular weight excluding hydrogens is 276 g/mol. The van der Waals surface area contributed by atoms with Crippen LogP contribution in [0.25, 0.3) is 0 Å². The number of nitro benzene ring substituents is 1. The van der Waals surface area contributed by atoms with Crippen LogP contribution in [0.5, 0.6) is 0 Å². The number of nitrogens with zero attached hydrogens (tertiary/aromatic N) is 2. The second-order valence-corrected chi connectivity index (χ2v) is 4.86. The van der Waals surface area contributed by atoms with Crippen LogP contribution in [-0.2, 0) is 4.74 Å². The number of nitrogens with one attached hydrogen (secondary N) is 1. The van der Waals surface area contributed by atoms with E-state index in [0.717, 1.165) is 12.8 Å². The third-order valence-corrected chi connectivity index (χ3v) is 3.66. The number of carbonyl (C=O) groups is 1. The number of carbonyl (C=O) groups excluding carboxylic acids is 1. The second kappa shape index (κ2) is 6.51. The van der Waals surface area contributed by atoms with E-state index in [9.17, 15) is 14.9 Å². The summed E-state index contributed by atoms with van der Waals surface area (Å²) in [5, 5.41) is 10.8. The SMILES string of the molecule is COC1CCN(C(=O)c2cc([N+](=O)[O-])ccc2NN)CC1. The van der Waals surface area contributed by atoms with Crippen molar-refractivity contribution in [3.8, 4) is 0 Å². The zero-order valence-electron chi connectivity index (χ0n) is 11.7. The number of hydrogen-bond acceptors (Lipinski definition) is 6. The molecule has 1 aromatic rings. The number of rotatable bonds is 4. The number of benzene rings is 1. The third-order valence-electron chi connectivity index (χ3n) is 3.66. The topological polar surface area (TPSA) is 111 Å². The molecule has 1 aromatic carbocycles. The summed E-state index contributed by atoms with van der Waals surface area (Å²) >= 11 is 0. The van der Waals surface area contributed by atoms with Crippen LogP contribution in [0, 0.1) is 10.1 Å². The Hall–Kier alpha value is -2.19. The highest BCUT2D eigenvalue weighted by atomic mass is 16.6. The predicted molar refractivity (Wildman–Crippen MR) is 76.8 cm³/mol. The number of amides is 1. The van der Waals surface area contributed by atoms with Crippen LogP contribution in [0.3, 0.4) is 0 Å². The van der Waals surface area contributed by atoms with Crippen molar-refractivity contribution in [3.05, 3.63) is 33.9 Å². The molecule has 1 saturated heterocycles. The van der Waals surface area contributed by atoms with Gasteiger partial charge in [-0.15, -0.1) is 0 Å². The van der Waals surface area contributed by atoms with Crippen molar-refractivity contribution < 1.29 is 14.5 Å². The molecule has 1 heterocycles. The Morgan fingerprint density at radius 1 is 1.48 bits per heavy atom. The average Bonchev–Trinajstić information content (AvgIpc) is 2.53. The molecule has 0 spiro atoms. The van der Waals surface area contributed by atoms with E-state index in [2.05, 4.69) is 5.43 Å². The van der Waals surface area contributed by atoms with Crippen LogP contribution < -0.4 is 11.3 Å². The van der Waals surface area contributed by atoms with Gasteiger partial charge in [-0.05, 0) is 18.9 Å². The average molecular weight is 294 g/mol. The van der Waals surface area contributed by atoms with Gasteiger partial charge < -0.3 is 15.1 Å². The molecule has 0 atom stereocenters. The summed E-state index contributed by atoms with van der Waals surface area (Å²) < 4.78 is 5.26. The molecule has 0 saturated carbocycles. The fourth-order valence-electron chi connectivity index (χ4n) is 2.41. The number of piperidine rings is 1. The van der Waals surface area contributed by atoms with E-state index in [0.29, 0.717) is 18.8 Å². The van der Waals surface area contributed by atoms with Gasteiger partial charge in [0.05, 0.1) is 22.3 Å². The molecule has 0 aromatic heterocycles. The molecule has 0 unspecified atom stereocenters. The summed E-state index contributed by atoms with van der Waals surface area (Å²) in [5.41, 5.74) is 2.86. The number of likely N-dealkylation sites (tertiary alicyclic amines) is 1. The maximum atomic E-state index is 12.5. The minimum atomic E-state index is -0.533. The summed E-state index contributed by atoms with van der Waals surface area (Å²) in [7, 11) is 1.65. The molecule has 114 valence electrons. The predicted octanol–water partition coefficient (Wildman–Crippen LogP) is 1.13. The molecule has 3 N–H and O–H groups in total. The van der Waals surface area contributed by atoms with E-state index in [1.807, 2.05) is 0 Å². The lowest BCUT2D eigenvalue weighted by Gasteiger charge is -2.31. The van der Waals surface area contributed by atoms with Crippen LogP contribution in [0.4, 0.5) is 11.4 Å². The number of anilines is 1. The van der Waals surface area contributed by atoms with Gasteiger partial charge in [-0.3, -0.25) is 20.8 Å². The molecule has 2 rings (SSSR count).